The molecule has 0 bridgehead atoms. The Balaban J connectivity index is 1.83. The van der Waals surface area contributed by atoms with E-state index in [1.165, 1.54) is 12.1 Å². The Morgan fingerprint density at radius 3 is 2.60 bits per heavy atom. The van der Waals surface area contributed by atoms with Gasteiger partial charge >= 0.3 is 0 Å². The number of hydrogen-bond acceptors (Lipinski definition) is 3. The van der Waals surface area contributed by atoms with Gasteiger partial charge in [0.25, 0.3) is 11.6 Å². The molecule has 2 rings (SSSR count). The molecule has 6 nitrogen and oxygen atoms in total. The number of non-ortho nitro benzene ring substituents is 1. The Kier molecular flexibility index (Phi) is 4.52. The highest BCUT2D eigenvalue weighted by Gasteiger charge is 2.07. The number of nitro benzene ring substituents is 1. The minimum atomic E-state index is -0.436. The fourth-order valence-corrected chi connectivity index (χ4v) is 2.04. The van der Waals surface area contributed by atoms with E-state index in [1.807, 2.05) is 0 Å². The van der Waals surface area contributed by atoms with Crippen LogP contribution in [-0.4, -0.2) is 22.4 Å². The number of halogens is 1. The molecule has 0 saturated carbocycles. The average Bonchev–Trinajstić information content (AvgIpc) is 2.86. The molecule has 1 amide bonds. The first kappa shape index (κ1) is 14.3. The van der Waals surface area contributed by atoms with Crippen molar-refractivity contribution in [1.29, 1.82) is 0 Å². The third-order valence-corrected chi connectivity index (χ3v) is 3.20. The summed E-state index contributed by atoms with van der Waals surface area (Å²) in [5, 5.41) is 13.3. The lowest BCUT2D eigenvalue weighted by Gasteiger charge is -2.04. The molecular weight excluding hydrogens is 326 g/mol. The highest BCUT2D eigenvalue weighted by molar-refractivity contribution is 9.10. The summed E-state index contributed by atoms with van der Waals surface area (Å²) < 4.78 is 0.818. The number of nitro groups is 1. The van der Waals surface area contributed by atoms with Gasteiger partial charge in [0.05, 0.1) is 4.92 Å². The SMILES string of the molecule is O=C(NCCc1ccc([N+](=O)[O-])cc1)c1cc(Br)c[nH]1. The normalized spacial score (nSPS) is 10.2. The predicted octanol–water partition coefficient (Wildman–Crippen LogP) is 2.66. The van der Waals surface area contributed by atoms with Crippen LogP contribution in [0.2, 0.25) is 0 Å². The van der Waals surface area contributed by atoms with Crippen molar-refractivity contribution in [3.05, 3.63) is 62.4 Å². The van der Waals surface area contributed by atoms with Crippen LogP contribution in [0.25, 0.3) is 0 Å². The summed E-state index contributed by atoms with van der Waals surface area (Å²) in [6.07, 6.45) is 2.30. The van der Waals surface area contributed by atoms with Crippen LogP contribution in [0.4, 0.5) is 5.69 Å². The van der Waals surface area contributed by atoms with Crippen molar-refractivity contribution in [3.63, 3.8) is 0 Å². The van der Waals surface area contributed by atoms with E-state index in [2.05, 4.69) is 26.2 Å². The number of hydrogen-bond donors (Lipinski definition) is 2. The molecule has 0 saturated heterocycles. The van der Waals surface area contributed by atoms with Gasteiger partial charge in [0.15, 0.2) is 0 Å². The second-order valence-corrected chi connectivity index (χ2v) is 5.08. The quantitative estimate of drug-likeness (QED) is 0.649. The molecule has 0 unspecified atom stereocenters. The highest BCUT2D eigenvalue weighted by Crippen LogP contribution is 2.12. The molecular formula is C13H12BrN3O3. The number of nitrogens with zero attached hydrogens (tertiary/aromatic N) is 1. The van der Waals surface area contributed by atoms with Crippen molar-refractivity contribution in [2.45, 2.75) is 6.42 Å². The molecule has 1 aromatic heterocycles. The van der Waals surface area contributed by atoms with Gasteiger partial charge in [-0.15, -0.1) is 0 Å². The number of H-pyrrole nitrogens is 1. The van der Waals surface area contributed by atoms with E-state index in [-0.39, 0.29) is 11.6 Å². The smallest absolute Gasteiger partial charge is 0.269 e. The third kappa shape index (κ3) is 3.67. The van der Waals surface area contributed by atoms with Crippen LogP contribution >= 0.6 is 15.9 Å². The predicted molar refractivity (Wildman–Crippen MR) is 77.6 cm³/mol. The summed E-state index contributed by atoms with van der Waals surface area (Å²) in [7, 11) is 0. The molecule has 1 heterocycles. The second-order valence-electron chi connectivity index (χ2n) is 4.16. The van der Waals surface area contributed by atoms with E-state index < -0.39 is 4.92 Å². The lowest BCUT2D eigenvalue weighted by molar-refractivity contribution is -0.384. The van der Waals surface area contributed by atoms with E-state index >= 15 is 0 Å². The Bertz CT molecular complexity index is 622. The van der Waals surface area contributed by atoms with Gasteiger partial charge in [-0.3, -0.25) is 14.9 Å². The fraction of sp³-hybridized carbons (Fsp3) is 0.154. The molecule has 0 fully saturated rings. The minimum absolute atomic E-state index is 0.0639. The molecule has 0 aliphatic carbocycles. The van der Waals surface area contributed by atoms with Crippen molar-refractivity contribution in [2.75, 3.05) is 6.54 Å². The fourth-order valence-electron chi connectivity index (χ4n) is 1.70. The Hall–Kier alpha value is -2.15. The maximum absolute atomic E-state index is 11.7. The van der Waals surface area contributed by atoms with Gasteiger partial charge in [-0.1, -0.05) is 12.1 Å². The van der Waals surface area contributed by atoms with Gasteiger partial charge in [0, 0.05) is 29.3 Å². The zero-order valence-corrected chi connectivity index (χ0v) is 12.0. The molecule has 104 valence electrons. The van der Waals surface area contributed by atoms with Crippen LogP contribution < -0.4 is 5.32 Å². The van der Waals surface area contributed by atoms with Crippen molar-refractivity contribution in [3.8, 4) is 0 Å². The van der Waals surface area contributed by atoms with E-state index in [1.54, 1.807) is 24.4 Å². The zero-order valence-electron chi connectivity index (χ0n) is 10.4. The van der Waals surface area contributed by atoms with Gasteiger partial charge in [0.2, 0.25) is 0 Å². The third-order valence-electron chi connectivity index (χ3n) is 2.74. The average molecular weight is 338 g/mol. The van der Waals surface area contributed by atoms with E-state index in [0.29, 0.717) is 18.7 Å². The number of carbonyl (C=O) groups is 1. The van der Waals surface area contributed by atoms with Gasteiger partial charge in [0.1, 0.15) is 5.69 Å². The number of rotatable bonds is 5. The molecule has 7 heteroatoms. The molecule has 1 aromatic carbocycles. The number of amides is 1. The van der Waals surface area contributed by atoms with Crippen LogP contribution in [-0.2, 0) is 6.42 Å². The maximum Gasteiger partial charge on any atom is 0.269 e. The van der Waals surface area contributed by atoms with Crippen LogP contribution in [0.3, 0.4) is 0 Å². The molecule has 0 atom stereocenters. The molecule has 2 aromatic rings. The summed E-state index contributed by atoms with van der Waals surface area (Å²) in [4.78, 5) is 24.7. The van der Waals surface area contributed by atoms with Crippen molar-refractivity contribution in [1.82, 2.24) is 10.3 Å². The van der Waals surface area contributed by atoms with Crippen molar-refractivity contribution >= 4 is 27.5 Å². The van der Waals surface area contributed by atoms with Crippen LogP contribution in [0.15, 0.2) is 41.0 Å². The molecule has 0 aliphatic heterocycles. The standard InChI is InChI=1S/C13H12BrN3O3/c14-10-7-12(16-8-10)13(18)15-6-5-9-1-3-11(4-2-9)17(19)20/h1-4,7-8,16H,5-6H2,(H,15,18). The first-order valence-corrected chi connectivity index (χ1v) is 6.71. The monoisotopic (exact) mass is 337 g/mol. The number of carbonyl (C=O) groups excluding carboxylic acids is 1. The van der Waals surface area contributed by atoms with Crippen LogP contribution in [0.1, 0.15) is 16.1 Å². The number of aromatic amines is 1. The van der Waals surface area contributed by atoms with Gasteiger partial charge < -0.3 is 10.3 Å². The van der Waals surface area contributed by atoms with Gasteiger partial charge in [-0.05, 0) is 34.0 Å². The molecule has 0 radical (unpaired) electrons. The number of nitrogens with one attached hydrogen (secondary N) is 2. The van der Waals surface area contributed by atoms with E-state index in [9.17, 15) is 14.9 Å². The summed E-state index contributed by atoms with van der Waals surface area (Å²) in [5.74, 6) is -0.183. The summed E-state index contributed by atoms with van der Waals surface area (Å²) in [6, 6.07) is 7.99. The van der Waals surface area contributed by atoms with Crippen LogP contribution in [0.5, 0.6) is 0 Å². The Morgan fingerprint density at radius 2 is 2.05 bits per heavy atom. The first-order chi connectivity index (χ1) is 9.56. The maximum atomic E-state index is 11.7. The number of benzene rings is 1. The number of aromatic nitrogens is 1. The lowest BCUT2D eigenvalue weighted by atomic mass is 10.1. The Morgan fingerprint density at radius 1 is 1.35 bits per heavy atom. The van der Waals surface area contributed by atoms with E-state index in [0.717, 1.165) is 10.0 Å². The molecule has 0 spiro atoms. The molecule has 2 N–H and O–H groups in total. The summed E-state index contributed by atoms with van der Waals surface area (Å²) in [5.41, 5.74) is 1.48. The van der Waals surface area contributed by atoms with Crippen LogP contribution in [0, 0.1) is 10.1 Å². The lowest BCUT2D eigenvalue weighted by Crippen LogP contribution is -2.25. The minimum Gasteiger partial charge on any atom is -0.356 e. The largest absolute Gasteiger partial charge is 0.356 e. The van der Waals surface area contributed by atoms with Crippen molar-refractivity contribution < 1.29 is 9.72 Å². The van der Waals surface area contributed by atoms with Gasteiger partial charge in [-0.2, -0.15) is 0 Å². The summed E-state index contributed by atoms with van der Waals surface area (Å²) in [6.45, 7) is 0.466. The molecule has 20 heavy (non-hydrogen) atoms. The van der Waals surface area contributed by atoms with Gasteiger partial charge in [-0.25, -0.2) is 0 Å². The second kappa shape index (κ2) is 6.33. The Labute approximate surface area is 123 Å². The highest BCUT2D eigenvalue weighted by atomic mass is 79.9. The molecule has 0 aliphatic rings. The van der Waals surface area contributed by atoms with E-state index in [4.69, 9.17) is 0 Å². The first-order valence-electron chi connectivity index (χ1n) is 5.92. The zero-order chi connectivity index (χ0) is 14.5. The summed E-state index contributed by atoms with van der Waals surface area (Å²) >= 11 is 3.26. The van der Waals surface area contributed by atoms with Crippen molar-refractivity contribution in [2.24, 2.45) is 0 Å². The topological polar surface area (TPSA) is 88.0 Å².